The molecule has 0 saturated carbocycles. The zero-order valence-electron chi connectivity index (χ0n) is 8.33. The van der Waals surface area contributed by atoms with Crippen molar-refractivity contribution in [1.82, 2.24) is 0 Å². The maximum absolute atomic E-state index is 12.7. The van der Waals surface area contributed by atoms with Crippen LogP contribution in [0.1, 0.15) is 12.5 Å². The van der Waals surface area contributed by atoms with E-state index >= 15 is 0 Å². The Morgan fingerprint density at radius 1 is 1.36 bits per heavy atom. The van der Waals surface area contributed by atoms with Gasteiger partial charge in [0.05, 0.1) is 6.67 Å². The summed E-state index contributed by atoms with van der Waals surface area (Å²) in [5.41, 5.74) is 6.01. The molecule has 2 nitrogen and oxygen atoms in total. The number of hydrogen-bond donors (Lipinski definition) is 2. The van der Waals surface area contributed by atoms with Crippen LogP contribution in [0, 0.1) is 5.41 Å². The normalized spacial score (nSPS) is 15.1. The number of phenols is 1. The van der Waals surface area contributed by atoms with Crippen LogP contribution in [0.5, 0.6) is 5.75 Å². The SMILES string of the molecule is CC(CN)(CF)Cc1ccc(O)cc1. The fourth-order valence-corrected chi connectivity index (χ4v) is 1.28. The van der Waals surface area contributed by atoms with Crippen LogP contribution in [0.4, 0.5) is 4.39 Å². The van der Waals surface area contributed by atoms with E-state index in [1.807, 2.05) is 6.92 Å². The summed E-state index contributed by atoms with van der Waals surface area (Å²) in [6.07, 6.45) is 0.597. The molecule has 1 atom stereocenters. The molecule has 1 aromatic rings. The summed E-state index contributed by atoms with van der Waals surface area (Å²) < 4.78 is 12.7. The molecule has 78 valence electrons. The number of nitrogens with two attached hydrogens (primary N) is 1. The number of hydrogen-bond acceptors (Lipinski definition) is 2. The van der Waals surface area contributed by atoms with Gasteiger partial charge in [-0.1, -0.05) is 19.1 Å². The molecule has 1 unspecified atom stereocenters. The van der Waals surface area contributed by atoms with Gasteiger partial charge in [0.2, 0.25) is 0 Å². The van der Waals surface area contributed by atoms with Gasteiger partial charge in [-0.3, -0.25) is 4.39 Å². The Morgan fingerprint density at radius 3 is 2.36 bits per heavy atom. The van der Waals surface area contributed by atoms with Crippen LogP contribution in [0.15, 0.2) is 24.3 Å². The fourth-order valence-electron chi connectivity index (χ4n) is 1.28. The van der Waals surface area contributed by atoms with Crippen LogP contribution in [0.25, 0.3) is 0 Å². The largest absolute Gasteiger partial charge is 0.508 e. The predicted molar refractivity (Wildman–Crippen MR) is 54.9 cm³/mol. The topological polar surface area (TPSA) is 46.2 Å². The third-order valence-corrected chi connectivity index (χ3v) is 2.38. The van der Waals surface area contributed by atoms with Crippen molar-refractivity contribution in [2.75, 3.05) is 13.2 Å². The van der Waals surface area contributed by atoms with E-state index in [1.165, 1.54) is 0 Å². The molecule has 0 fully saturated rings. The summed E-state index contributed by atoms with van der Waals surface area (Å²) >= 11 is 0. The van der Waals surface area contributed by atoms with E-state index in [1.54, 1.807) is 24.3 Å². The Labute approximate surface area is 83.6 Å². The number of benzene rings is 1. The molecule has 0 spiro atoms. The molecule has 3 heteroatoms. The summed E-state index contributed by atoms with van der Waals surface area (Å²) in [4.78, 5) is 0. The van der Waals surface area contributed by atoms with Gasteiger partial charge in [0.25, 0.3) is 0 Å². The minimum absolute atomic E-state index is 0.225. The Bertz CT molecular complexity index is 280. The number of alkyl halides is 1. The highest BCUT2D eigenvalue weighted by Gasteiger charge is 2.22. The van der Waals surface area contributed by atoms with Crippen molar-refractivity contribution >= 4 is 0 Å². The summed E-state index contributed by atoms with van der Waals surface area (Å²) in [5, 5.41) is 9.07. The first kappa shape index (κ1) is 11.0. The van der Waals surface area contributed by atoms with Crippen molar-refractivity contribution < 1.29 is 9.50 Å². The number of phenolic OH excluding ortho intramolecular Hbond substituents is 1. The van der Waals surface area contributed by atoms with Crippen molar-refractivity contribution in [2.24, 2.45) is 11.1 Å². The van der Waals surface area contributed by atoms with Gasteiger partial charge in [0.15, 0.2) is 0 Å². The molecule has 1 rings (SSSR count). The van der Waals surface area contributed by atoms with Gasteiger partial charge in [0, 0.05) is 12.0 Å². The molecule has 0 aliphatic carbocycles. The molecule has 0 aliphatic rings. The van der Waals surface area contributed by atoms with Gasteiger partial charge < -0.3 is 10.8 Å². The lowest BCUT2D eigenvalue weighted by Gasteiger charge is -2.24. The van der Waals surface area contributed by atoms with Crippen molar-refractivity contribution in [3.05, 3.63) is 29.8 Å². The van der Waals surface area contributed by atoms with Crippen molar-refractivity contribution in [2.45, 2.75) is 13.3 Å². The van der Waals surface area contributed by atoms with Gasteiger partial charge in [0.1, 0.15) is 5.75 Å². The first-order valence-electron chi connectivity index (χ1n) is 4.63. The summed E-state index contributed by atoms with van der Waals surface area (Å²) in [6, 6.07) is 6.78. The number of aromatic hydroxyl groups is 1. The highest BCUT2D eigenvalue weighted by atomic mass is 19.1. The fraction of sp³-hybridized carbons (Fsp3) is 0.455. The van der Waals surface area contributed by atoms with E-state index in [0.717, 1.165) is 5.56 Å². The molecule has 0 radical (unpaired) electrons. The van der Waals surface area contributed by atoms with E-state index in [4.69, 9.17) is 10.8 Å². The maximum atomic E-state index is 12.7. The molecule has 0 saturated heterocycles. The quantitative estimate of drug-likeness (QED) is 0.774. The third kappa shape index (κ3) is 2.70. The average Bonchev–Trinajstić information content (AvgIpc) is 2.21. The monoisotopic (exact) mass is 197 g/mol. The molecule has 0 bridgehead atoms. The van der Waals surface area contributed by atoms with Crippen molar-refractivity contribution in [3.8, 4) is 5.75 Å². The average molecular weight is 197 g/mol. The van der Waals surface area contributed by atoms with E-state index in [-0.39, 0.29) is 5.75 Å². The first-order chi connectivity index (χ1) is 6.59. The molecular weight excluding hydrogens is 181 g/mol. The summed E-state index contributed by atoms with van der Waals surface area (Å²) in [6.45, 7) is 1.72. The molecule has 0 heterocycles. The predicted octanol–water partition coefficient (Wildman–Crippen LogP) is 1.87. The highest BCUT2D eigenvalue weighted by molar-refractivity contribution is 5.26. The molecule has 3 N–H and O–H groups in total. The second-order valence-electron chi connectivity index (χ2n) is 3.99. The Hall–Kier alpha value is -1.09. The molecule has 0 aromatic heterocycles. The zero-order valence-corrected chi connectivity index (χ0v) is 8.33. The van der Waals surface area contributed by atoms with E-state index in [2.05, 4.69) is 0 Å². The van der Waals surface area contributed by atoms with E-state index < -0.39 is 12.1 Å². The minimum Gasteiger partial charge on any atom is -0.508 e. The Balaban J connectivity index is 2.72. The van der Waals surface area contributed by atoms with Gasteiger partial charge >= 0.3 is 0 Å². The standard InChI is InChI=1S/C11H16FNO/c1-11(7-12,8-13)6-9-2-4-10(14)5-3-9/h2-5,14H,6-8,13H2,1H3. The molecule has 1 aromatic carbocycles. The lowest BCUT2D eigenvalue weighted by molar-refractivity contribution is 0.238. The highest BCUT2D eigenvalue weighted by Crippen LogP contribution is 2.22. The lowest BCUT2D eigenvalue weighted by Crippen LogP contribution is -2.31. The molecule has 14 heavy (non-hydrogen) atoms. The minimum atomic E-state index is -0.489. The van der Waals surface area contributed by atoms with Crippen LogP contribution in [-0.2, 0) is 6.42 Å². The van der Waals surface area contributed by atoms with E-state index in [9.17, 15) is 4.39 Å². The maximum Gasteiger partial charge on any atom is 0.115 e. The van der Waals surface area contributed by atoms with E-state index in [0.29, 0.717) is 13.0 Å². The smallest absolute Gasteiger partial charge is 0.115 e. The van der Waals surface area contributed by atoms with Gasteiger partial charge in [-0.2, -0.15) is 0 Å². The van der Waals surface area contributed by atoms with Crippen LogP contribution in [-0.4, -0.2) is 18.3 Å². The van der Waals surface area contributed by atoms with Crippen LogP contribution < -0.4 is 5.73 Å². The number of rotatable bonds is 4. The van der Waals surface area contributed by atoms with Crippen LogP contribution in [0.3, 0.4) is 0 Å². The summed E-state index contributed by atoms with van der Waals surface area (Å²) in [5.74, 6) is 0.225. The number of halogens is 1. The molecule has 0 amide bonds. The Morgan fingerprint density at radius 2 is 1.93 bits per heavy atom. The van der Waals surface area contributed by atoms with Crippen LogP contribution >= 0.6 is 0 Å². The molecule has 0 aliphatic heterocycles. The van der Waals surface area contributed by atoms with Crippen molar-refractivity contribution in [1.29, 1.82) is 0 Å². The summed E-state index contributed by atoms with van der Waals surface area (Å²) in [7, 11) is 0. The Kier molecular flexibility index (Phi) is 3.47. The van der Waals surface area contributed by atoms with Gasteiger partial charge in [-0.05, 0) is 24.1 Å². The first-order valence-corrected chi connectivity index (χ1v) is 4.63. The lowest BCUT2D eigenvalue weighted by atomic mass is 9.85. The second-order valence-corrected chi connectivity index (χ2v) is 3.99. The van der Waals surface area contributed by atoms with Gasteiger partial charge in [-0.15, -0.1) is 0 Å². The van der Waals surface area contributed by atoms with Crippen LogP contribution in [0.2, 0.25) is 0 Å². The molecular formula is C11H16FNO. The third-order valence-electron chi connectivity index (χ3n) is 2.38. The van der Waals surface area contributed by atoms with Crippen molar-refractivity contribution in [3.63, 3.8) is 0 Å². The second kappa shape index (κ2) is 4.42. The van der Waals surface area contributed by atoms with Gasteiger partial charge in [-0.25, -0.2) is 0 Å². The zero-order chi connectivity index (χ0) is 10.6.